The number of carbonyl (C=O) groups excluding carboxylic acids is 1. The van der Waals surface area contributed by atoms with E-state index < -0.39 is 12.7 Å². The number of rotatable bonds is 22. The lowest BCUT2D eigenvalue weighted by atomic mass is 9.98. The van der Waals surface area contributed by atoms with Crippen molar-refractivity contribution in [1.82, 2.24) is 29.2 Å². The number of methoxy groups -OCH3 is 1. The Morgan fingerprint density at radius 3 is 2.53 bits per heavy atom. The number of carbonyl (C=O) groups is 1. The molecule has 1 aliphatic rings. The second-order valence-corrected chi connectivity index (χ2v) is 18.2. The van der Waals surface area contributed by atoms with Gasteiger partial charge in [0.25, 0.3) is 5.91 Å². The molecule has 7 N–H and O–H groups in total. The molecule has 0 spiro atoms. The summed E-state index contributed by atoms with van der Waals surface area (Å²) < 4.78 is 57.1. The number of unbranched alkanes of at least 4 members (excludes halogenated alkanes) is 4. The molecule has 0 bridgehead atoms. The van der Waals surface area contributed by atoms with Gasteiger partial charge in [-0.1, -0.05) is 24.1 Å². The summed E-state index contributed by atoms with van der Waals surface area (Å²) in [7, 11) is 3.65. The number of benzene rings is 4. The van der Waals surface area contributed by atoms with Gasteiger partial charge in [0, 0.05) is 60.0 Å². The van der Waals surface area contributed by atoms with Crippen LogP contribution in [0.15, 0.2) is 95.8 Å². The van der Waals surface area contributed by atoms with Crippen molar-refractivity contribution >= 4 is 62.4 Å². The summed E-state index contributed by atoms with van der Waals surface area (Å²) >= 11 is 1.63. The Kier molecular flexibility index (Phi) is 16.9. The van der Waals surface area contributed by atoms with E-state index in [0.717, 1.165) is 100 Å². The first-order chi connectivity index (χ1) is 32.8. The normalized spacial score (nSPS) is 13.9. The number of hydrogen-bond donors (Lipinski definition) is 5. The molecule has 6 aromatic rings. The summed E-state index contributed by atoms with van der Waals surface area (Å²) in [5.74, 6) is 7.20. The van der Waals surface area contributed by atoms with Crippen molar-refractivity contribution in [1.29, 1.82) is 0 Å². The molecule has 1 amide bonds. The maximum Gasteiger partial charge on any atom is 0.406 e. The first-order valence-electron chi connectivity index (χ1n) is 22.8. The van der Waals surface area contributed by atoms with Gasteiger partial charge in [-0.2, -0.15) is 13.2 Å². The molecule has 1 unspecified atom stereocenters. The molecule has 3 heterocycles. The van der Waals surface area contributed by atoms with Gasteiger partial charge in [0.15, 0.2) is 0 Å². The number of nitrogens with zero attached hydrogens (tertiary/aromatic N) is 4. The molecule has 4 aromatic carbocycles. The number of nitrogens with one attached hydrogen (secondary N) is 3. The lowest BCUT2D eigenvalue weighted by Crippen LogP contribution is -2.24. The molecule has 68 heavy (non-hydrogen) atoms. The monoisotopic (exact) mass is 951 g/mol. The van der Waals surface area contributed by atoms with Crippen LogP contribution in [0.3, 0.4) is 0 Å². The van der Waals surface area contributed by atoms with Crippen LogP contribution in [0.5, 0.6) is 5.75 Å². The summed E-state index contributed by atoms with van der Waals surface area (Å²) in [6.45, 7) is 6.50. The number of ether oxygens (including phenoxy) is 2. The van der Waals surface area contributed by atoms with Crippen molar-refractivity contribution in [3.05, 3.63) is 113 Å². The molecular formula is C51H60F3N9O4S. The smallest absolute Gasteiger partial charge is 0.406 e. The Labute approximate surface area is 399 Å². The standard InChI is InChI=1S/C51H60F3N9O4S/c1-34-48(35(2)67-60-34)38-27-43(56)49-46(28-38)62(33-59-49)31-36-14-11-15-37(26-36)50(64)58-21-7-5-9-24-66-25-10-6-8-23-61(3)68-40-19-20-44(47(30-40)65-4)57-22-13-16-39-29-41-42(55)17-12-18-45(41)63(39)32-51(52,53)54/h11-12,14-15,17-20,26-30,33-34,57,60H,5-10,21-25,31-32,55-56H2,1-4H3,(H,58,64). The van der Waals surface area contributed by atoms with Crippen molar-refractivity contribution in [2.75, 3.05) is 63.8 Å². The van der Waals surface area contributed by atoms with E-state index in [2.05, 4.69) is 54.9 Å². The number of alkyl halides is 3. The Morgan fingerprint density at radius 1 is 0.971 bits per heavy atom. The van der Waals surface area contributed by atoms with Gasteiger partial charge >= 0.3 is 6.18 Å². The molecule has 17 heteroatoms. The number of halogens is 3. The van der Waals surface area contributed by atoms with Gasteiger partial charge in [-0.15, -0.1) is 5.48 Å². The first-order valence-corrected chi connectivity index (χ1v) is 23.6. The second-order valence-electron chi connectivity index (χ2n) is 16.9. The first kappa shape index (κ1) is 49.6. The van der Waals surface area contributed by atoms with Crippen LogP contribution in [-0.4, -0.2) is 83.6 Å². The summed E-state index contributed by atoms with van der Waals surface area (Å²) in [5, 5.41) is 6.82. The van der Waals surface area contributed by atoms with Gasteiger partial charge in [0.2, 0.25) is 0 Å². The molecular weight excluding hydrogens is 892 g/mol. The maximum absolute atomic E-state index is 13.4. The van der Waals surface area contributed by atoms with Crippen LogP contribution in [-0.2, 0) is 22.7 Å². The minimum absolute atomic E-state index is 0.0392. The van der Waals surface area contributed by atoms with Crippen LogP contribution in [0.1, 0.15) is 79.6 Å². The van der Waals surface area contributed by atoms with E-state index >= 15 is 0 Å². The van der Waals surface area contributed by atoms with Gasteiger partial charge in [-0.05, 0) is 149 Å². The Hall–Kier alpha value is -6.32. The van der Waals surface area contributed by atoms with Crippen LogP contribution in [0.4, 0.5) is 30.2 Å². The van der Waals surface area contributed by atoms with Crippen LogP contribution < -0.4 is 32.3 Å². The number of aromatic nitrogens is 3. The average molecular weight is 952 g/mol. The number of hydroxylamine groups is 1. The van der Waals surface area contributed by atoms with E-state index in [9.17, 15) is 18.0 Å². The molecule has 1 aliphatic heterocycles. The SMILES string of the molecule is COc1cc(SN(C)CCCCCOCCCCCNC(=O)c2cccc(Cn3cnc4c(N)cc(C5=C(C)ONC5C)cc43)c2)ccc1NCC#Cc1cc2c(N)cccc2n1CC(F)(F)F. The van der Waals surface area contributed by atoms with E-state index in [1.165, 1.54) is 0 Å². The topological polar surface area (TPSA) is 159 Å². The van der Waals surface area contributed by atoms with Crippen LogP contribution >= 0.6 is 11.9 Å². The zero-order valence-electron chi connectivity index (χ0n) is 39.0. The van der Waals surface area contributed by atoms with Gasteiger partial charge < -0.3 is 45.5 Å². The van der Waals surface area contributed by atoms with Crippen molar-refractivity contribution in [3.63, 3.8) is 0 Å². The highest BCUT2D eigenvalue weighted by molar-refractivity contribution is 7.97. The molecule has 0 radical (unpaired) electrons. The zero-order valence-corrected chi connectivity index (χ0v) is 39.8. The molecule has 0 saturated heterocycles. The molecule has 0 aliphatic carbocycles. The zero-order chi connectivity index (χ0) is 48.2. The molecule has 13 nitrogen and oxygen atoms in total. The molecule has 0 saturated carbocycles. The Balaban J connectivity index is 0.746. The summed E-state index contributed by atoms with van der Waals surface area (Å²) in [4.78, 5) is 24.2. The predicted octanol–water partition coefficient (Wildman–Crippen LogP) is 9.62. The highest BCUT2D eigenvalue weighted by Crippen LogP contribution is 2.34. The highest BCUT2D eigenvalue weighted by atomic mass is 32.2. The molecule has 7 rings (SSSR count). The number of anilines is 3. The second kappa shape index (κ2) is 23.1. The third-order valence-electron chi connectivity index (χ3n) is 11.7. The van der Waals surface area contributed by atoms with E-state index in [0.29, 0.717) is 53.3 Å². The third kappa shape index (κ3) is 13.0. The number of amides is 1. The van der Waals surface area contributed by atoms with E-state index in [1.54, 1.807) is 49.7 Å². The molecule has 360 valence electrons. The van der Waals surface area contributed by atoms with Gasteiger partial charge in [-0.3, -0.25) is 4.79 Å². The minimum Gasteiger partial charge on any atom is -0.495 e. The summed E-state index contributed by atoms with van der Waals surface area (Å²) in [6, 6.07) is 24.1. The Morgan fingerprint density at radius 2 is 1.76 bits per heavy atom. The van der Waals surface area contributed by atoms with Crippen LogP contribution in [0.25, 0.3) is 27.5 Å². The molecule has 0 fully saturated rings. The van der Waals surface area contributed by atoms with E-state index in [-0.39, 0.29) is 24.2 Å². The number of hydrogen-bond acceptors (Lipinski definition) is 11. The van der Waals surface area contributed by atoms with Crippen molar-refractivity contribution < 1.29 is 32.3 Å². The molecule has 2 aromatic heterocycles. The fourth-order valence-corrected chi connectivity index (χ4v) is 9.16. The van der Waals surface area contributed by atoms with Crippen molar-refractivity contribution in [3.8, 4) is 17.6 Å². The largest absolute Gasteiger partial charge is 0.495 e. The fraction of sp³-hybridized carbons (Fsp3) is 0.373. The lowest BCUT2D eigenvalue weighted by Gasteiger charge is -2.17. The molecule has 1 atom stereocenters. The maximum atomic E-state index is 13.4. The van der Waals surface area contributed by atoms with E-state index in [1.807, 2.05) is 62.4 Å². The predicted molar refractivity (Wildman–Crippen MR) is 266 cm³/mol. The summed E-state index contributed by atoms with van der Waals surface area (Å²) in [5.41, 5.74) is 23.2. The number of fused-ring (bicyclic) bond motifs is 2. The van der Waals surface area contributed by atoms with Crippen molar-refractivity contribution in [2.24, 2.45) is 0 Å². The minimum atomic E-state index is -4.41. The van der Waals surface area contributed by atoms with Gasteiger partial charge in [-0.25, -0.2) is 9.29 Å². The van der Waals surface area contributed by atoms with Crippen molar-refractivity contribution in [2.45, 2.75) is 82.6 Å². The van der Waals surface area contributed by atoms with Crippen LogP contribution in [0, 0.1) is 11.8 Å². The van der Waals surface area contributed by atoms with E-state index in [4.69, 9.17) is 25.8 Å². The quantitative estimate of drug-likeness (QED) is 0.0191. The average Bonchev–Trinajstić information content (AvgIpc) is 3.99. The fourth-order valence-electron chi connectivity index (χ4n) is 8.29. The summed E-state index contributed by atoms with van der Waals surface area (Å²) in [6.07, 6.45) is 3.23. The Bertz CT molecular complexity index is 2790. The third-order valence-corrected chi connectivity index (χ3v) is 12.6. The highest BCUT2D eigenvalue weighted by Gasteiger charge is 2.30. The lowest BCUT2D eigenvalue weighted by molar-refractivity contribution is -0.140. The number of imidazole rings is 1. The number of nitrogens with two attached hydrogens (primary N) is 2. The van der Waals surface area contributed by atoms with Gasteiger partial charge in [0.1, 0.15) is 23.6 Å². The van der Waals surface area contributed by atoms with Crippen LogP contribution in [0.2, 0.25) is 0 Å². The number of nitrogen functional groups attached to an aromatic ring is 2. The number of allylic oxidation sites excluding steroid dienone is 1. The van der Waals surface area contributed by atoms with Gasteiger partial charge in [0.05, 0.1) is 54.1 Å².